The van der Waals surface area contributed by atoms with Crippen LogP contribution in [0.3, 0.4) is 0 Å². The first-order valence-corrected chi connectivity index (χ1v) is 9.74. The number of rotatable bonds is 3. The number of amides is 1. The van der Waals surface area contributed by atoms with E-state index in [0.29, 0.717) is 12.5 Å². The Kier molecular flexibility index (Phi) is 4.81. The van der Waals surface area contributed by atoms with Crippen molar-refractivity contribution in [2.45, 2.75) is 39.2 Å². The monoisotopic (exact) mass is 353 g/mol. The quantitative estimate of drug-likeness (QED) is 0.923. The molecule has 26 heavy (non-hydrogen) atoms. The van der Waals surface area contributed by atoms with Gasteiger partial charge in [0.25, 0.3) is 5.56 Å². The number of nitrogens with one attached hydrogen (secondary N) is 1. The van der Waals surface area contributed by atoms with Crippen molar-refractivity contribution in [2.75, 3.05) is 26.2 Å². The Morgan fingerprint density at radius 3 is 2.77 bits per heavy atom. The Morgan fingerprint density at radius 2 is 1.96 bits per heavy atom. The molecule has 1 amide bonds. The van der Waals surface area contributed by atoms with Crippen LogP contribution < -0.4 is 5.56 Å². The molecular formula is C21H27N3O2. The van der Waals surface area contributed by atoms with Crippen molar-refractivity contribution in [3.8, 4) is 0 Å². The van der Waals surface area contributed by atoms with Crippen molar-refractivity contribution in [3.05, 3.63) is 45.7 Å². The summed E-state index contributed by atoms with van der Waals surface area (Å²) < 4.78 is 0. The first-order valence-electron chi connectivity index (χ1n) is 9.74. The number of aromatic nitrogens is 1. The summed E-state index contributed by atoms with van der Waals surface area (Å²) in [6.07, 6.45) is 4.26. The van der Waals surface area contributed by atoms with Gasteiger partial charge in [-0.3, -0.25) is 14.5 Å². The van der Waals surface area contributed by atoms with Crippen LogP contribution in [0.5, 0.6) is 0 Å². The molecule has 2 saturated heterocycles. The summed E-state index contributed by atoms with van der Waals surface area (Å²) in [7, 11) is 0. The van der Waals surface area contributed by atoms with Crippen molar-refractivity contribution >= 4 is 16.8 Å². The number of aryl methyl sites for hydroxylation is 1. The summed E-state index contributed by atoms with van der Waals surface area (Å²) in [5.74, 6) is 0.402. The van der Waals surface area contributed by atoms with Gasteiger partial charge in [0.2, 0.25) is 5.91 Å². The molecule has 2 aliphatic rings. The van der Waals surface area contributed by atoms with E-state index in [9.17, 15) is 9.59 Å². The zero-order valence-electron chi connectivity index (χ0n) is 15.5. The van der Waals surface area contributed by atoms with E-state index in [0.717, 1.165) is 73.9 Å². The number of fused-ring (bicyclic) bond motifs is 1. The second-order valence-electron chi connectivity index (χ2n) is 7.82. The SMILES string of the molecule is Cc1ccc2cc(CN3CCC[C@@H](C(=O)N4CCCC4)C3)c(=O)[nH]c2c1. The fraction of sp³-hybridized carbons (Fsp3) is 0.524. The lowest BCUT2D eigenvalue weighted by Gasteiger charge is -2.33. The number of hydrogen-bond acceptors (Lipinski definition) is 3. The van der Waals surface area contributed by atoms with E-state index in [2.05, 4.69) is 22.0 Å². The smallest absolute Gasteiger partial charge is 0.252 e. The van der Waals surface area contributed by atoms with Gasteiger partial charge in [-0.05, 0) is 62.2 Å². The molecule has 0 saturated carbocycles. The first kappa shape index (κ1) is 17.3. The summed E-state index contributed by atoms with van der Waals surface area (Å²) in [6, 6.07) is 8.13. The minimum atomic E-state index is -0.0175. The molecule has 2 fully saturated rings. The molecule has 0 radical (unpaired) electrons. The number of carbonyl (C=O) groups is 1. The highest BCUT2D eigenvalue weighted by molar-refractivity contribution is 5.80. The molecular weight excluding hydrogens is 326 g/mol. The molecule has 2 aromatic rings. The van der Waals surface area contributed by atoms with Crippen LogP contribution >= 0.6 is 0 Å². The zero-order valence-corrected chi connectivity index (χ0v) is 15.5. The molecule has 138 valence electrons. The molecule has 1 aromatic heterocycles. The van der Waals surface area contributed by atoms with E-state index in [1.54, 1.807) is 0 Å². The molecule has 0 spiro atoms. The third-order valence-corrected chi connectivity index (χ3v) is 5.74. The van der Waals surface area contributed by atoms with Crippen molar-refractivity contribution < 1.29 is 4.79 Å². The number of aromatic amines is 1. The maximum absolute atomic E-state index is 12.7. The van der Waals surface area contributed by atoms with Crippen LogP contribution in [0.15, 0.2) is 29.1 Å². The molecule has 3 heterocycles. The molecule has 5 nitrogen and oxygen atoms in total. The van der Waals surface area contributed by atoms with Crippen molar-refractivity contribution in [1.29, 1.82) is 0 Å². The fourth-order valence-electron chi connectivity index (χ4n) is 4.31. The van der Waals surface area contributed by atoms with Crippen LogP contribution in [0.25, 0.3) is 10.9 Å². The summed E-state index contributed by atoms with van der Waals surface area (Å²) in [5.41, 5.74) is 2.80. The number of nitrogens with zero attached hydrogens (tertiary/aromatic N) is 2. The number of carbonyl (C=O) groups excluding carboxylic acids is 1. The fourth-order valence-corrected chi connectivity index (χ4v) is 4.31. The van der Waals surface area contributed by atoms with Crippen LogP contribution in [-0.2, 0) is 11.3 Å². The van der Waals surface area contributed by atoms with Gasteiger partial charge in [-0.1, -0.05) is 12.1 Å². The highest BCUT2D eigenvalue weighted by atomic mass is 16.2. The number of benzene rings is 1. The maximum Gasteiger partial charge on any atom is 0.252 e. The first-order chi connectivity index (χ1) is 12.6. The zero-order chi connectivity index (χ0) is 18.1. The molecule has 1 N–H and O–H groups in total. The minimum Gasteiger partial charge on any atom is -0.342 e. The van der Waals surface area contributed by atoms with E-state index in [4.69, 9.17) is 0 Å². The predicted octanol–water partition coefficient (Wildman–Crippen LogP) is 2.67. The third-order valence-electron chi connectivity index (χ3n) is 5.74. The lowest BCUT2D eigenvalue weighted by Crippen LogP contribution is -2.44. The molecule has 1 aromatic carbocycles. The number of likely N-dealkylation sites (tertiary alicyclic amines) is 2. The second kappa shape index (κ2) is 7.23. The molecule has 0 unspecified atom stereocenters. The molecule has 2 aliphatic heterocycles. The molecule has 0 bridgehead atoms. The number of piperidine rings is 1. The van der Waals surface area contributed by atoms with E-state index in [1.807, 2.05) is 24.0 Å². The molecule has 0 aliphatic carbocycles. The van der Waals surface area contributed by atoms with Crippen molar-refractivity contribution in [2.24, 2.45) is 5.92 Å². The van der Waals surface area contributed by atoms with Gasteiger partial charge < -0.3 is 9.88 Å². The topological polar surface area (TPSA) is 56.4 Å². The Hall–Kier alpha value is -2.14. The number of hydrogen-bond donors (Lipinski definition) is 1. The van der Waals surface area contributed by atoms with Crippen LogP contribution in [0.2, 0.25) is 0 Å². The van der Waals surface area contributed by atoms with Gasteiger partial charge in [0, 0.05) is 37.3 Å². The lowest BCUT2D eigenvalue weighted by molar-refractivity contribution is -0.136. The van der Waals surface area contributed by atoms with E-state index in [-0.39, 0.29) is 11.5 Å². The van der Waals surface area contributed by atoms with Gasteiger partial charge in [-0.15, -0.1) is 0 Å². The Labute approximate surface area is 154 Å². The maximum atomic E-state index is 12.7. The van der Waals surface area contributed by atoms with Crippen molar-refractivity contribution in [1.82, 2.24) is 14.8 Å². The Morgan fingerprint density at radius 1 is 1.15 bits per heavy atom. The van der Waals surface area contributed by atoms with Crippen molar-refractivity contribution in [3.63, 3.8) is 0 Å². The predicted molar refractivity (Wildman–Crippen MR) is 103 cm³/mol. The number of pyridine rings is 1. The highest BCUT2D eigenvalue weighted by Crippen LogP contribution is 2.22. The standard InChI is InChI=1S/C21H27N3O2/c1-15-6-7-16-12-18(20(25)22-19(16)11-15)14-23-8-4-5-17(13-23)21(26)24-9-2-3-10-24/h6-7,11-12,17H,2-5,8-10,13-14H2,1H3,(H,22,25)/t17-/m1/s1. The van der Waals surface area contributed by atoms with E-state index < -0.39 is 0 Å². The summed E-state index contributed by atoms with van der Waals surface area (Å²) in [6.45, 7) is 6.19. The molecule has 1 atom stereocenters. The van der Waals surface area contributed by atoms with Gasteiger partial charge >= 0.3 is 0 Å². The summed E-state index contributed by atoms with van der Waals surface area (Å²) >= 11 is 0. The summed E-state index contributed by atoms with van der Waals surface area (Å²) in [4.78, 5) is 32.5. The van der Waals surface area contributed by atoms with Gasteiger partial charge in [0.05, 0.1) is 5.92 Å². The Balaban J connectivity index is 1.49. The van der Waals surface area contributed by atoms with Gasteiger partial charge in [-0.25, -0.2) is 0 Å². The molecule has 5 heteroatoms. The highest BCUT2D eigenvalue weighted by Gasteiger charge is 2.30. The average Bonchev–Trinajstić information content (AvgIpc) is 3.17. The largest absolute Gasteiger partial charge is 0.342 e. The van der Waals surface area contributed by atoms with Crippen LogP contribution in [0, 0.1) is 12.8 Å². The average molecular weight is 353 g/mol. The lowest BCUT2D eigenvalue weighted by atomic mass is 9.96. The molecule has 4 rings (SSSR count). The van der Waals surface area contributed by atoms with Crippen LogP contribution in [0.4, 0.5) is 0 Å². The number of H-pyrrole nitrogens is 1. The van der Waals surface area contributed by atoms with E-state index in [1.165, 1.54) is 0 Å². The minimum absolute atomic E-state index is 0.0175. The van der Waals surface area contributed by atoms with Crippen LogP contribution in [0.1, 0.15) is 36.8 Å². The normalized spacial score (nSPS) is 21.4. The van der Waals surface area contributed by atoms with Gasteiger partial charge in [0.1, 0.15) is 0 Å². The van der Waals surface area contributed by atoms with Crippen LogP contribution in [-0.4, -0.2) is 46.9 Å². The second-order valence-corrected chi connectivity index (χ2v) is 7.82. The Bertz CT molecular complexity index is 867. The van der Waals surface area contributed by atoms with E-state index >= 15 is 0 Å². The van der Waals surface area contributed by atoms with Gasteiger partial charge in [-0.2, -0.15) is 0 Å². The third kappa shape index (κ3) is 3.54. The summed E-state index contributed by atoms with van der Waals surface area (Å²) in [5, 5.41) is 1.06. The van der Waals surface area contributed by atoms with Gasteiger partial charge in [0.15, 0.2) is 0 Å².